The van der Waals surface area contributed by atoms with Crippen LogP contribution in [0.25, 0.3) is 32.6 Å². The third-order valence-electron chi connectivity index (χ3n) is 6.41. The molecule has 0 bridgehead atoms. The predicted molar refractivity (Wildman–Crippen MR) is 112 cm³/mol. The first-order valence-electron chi connectivity index (χ1n) is 10.1. The Labute approximate surface area is 189 Å². The van der Waals surface area contributed by atoms with Crippen LogP contribution in [0.15, 0.2) is 42.7 Å². The van der Waals surface area contributed by atoms with Crippen molar-refractivity contribution in [3.63, 3.8) is 0 Å². The zero-order valence-electron chi connectivity index (χ0n) is 17.2. The van der Waals surface area contributed by atoms with Gasteiger partial charge in [0, 0.05) is 27.7 Å². The van der Waals surface area contributed by atoms with E-state index in [1.54, 1.807) is 10.8 Å². The maximum absolute atomic E-state index is 10.5. The van der Waals surface area contributed by atoms with Gasteiger partial charge in [0.05, 0.1) is 12.1 Å². The molecule has 5 unspecified atom stereocenters. The number of aliphatic hydroxyl groups excluding tert-OH is 4. The molecule has 5 N–H and O–H groups in total. The molecule has 0 saturated carbocycles. The highest BCUT2D eigenvalue weighted by Crippen LogP contribution is 2.36. The van der Waals surface area contributed by atoms with Gasteiger partial charge in [-0.2, -0.15) is 4.57 Å². The van der Waals surface area contributed by atoms with Crippen molar-refractivity contribution in [2.45, 2.75) is 44.5 Å². The topological polar surface area (TPSA) is 110 Å². The summed E-state index contributed by atoms with van der Waals surface area (Å²) in [5, 5.41) is 44.6. The van der Waals surface area contributed by atoms with Gasteiger partial charge in [-0.3, -0.25) is 0 Å². The Kier molecular flexibility index (Phi) is 5.80. The van der Waals surface area contributed by atoms with Crippen molar-refractivity contribution in [1.29, 1.82) is 0 Å². The number of fused-ring (bicyclic) bond motifs is 4. The molecule has 0 aliphatic carbocycles. The van der Waals surface area contributed by atoms with E-state index in [4.69, 9.17) is 4.74 Å². The molecule has 8 heteroatoms. The van der Waals surface area contributed by atoms with Gasteiger partial charge in [-0.25, -0.2) is 0 Å². The lowest BCUT2D eigenvalue weighted by atomic mass is 9.96. The van der Waals surface area contributed by atoms with Gasteiger partial charge in [-0.1, -0.05) is 18.2 Å². The van der Waals surface area contributed by atoms with Crippen LogP contribution in [0, 0.1) is 13.8 Å². The van der Waals surface area contributed by atoms with E-state index < -0.39 is 37.3 Å². The van der Waals surface area contributed by atoms with Crippen LogP contribution < -0.4 is 21.5 Å². The molecule has 5 atom stereocenters. The van der Waals surface area contributed by atoms with Gasteiger partial charge >= 0.3 is 0 Å². The van der Waals surface area contributed by atoms with Crippen LogP contribution >= 0.6 is 0 Å². The van der Waals surface area contributed by atoms with E-state index in [1.165, 1.54) is 0 Å². The SMILES string of the molecule is Cc1c2cc[n+](C3OC(CO)C(O)C(O)C3O)cc2c(C)c2c1[nH]c1ccccc12.[Br-]. The molecular weight excluding hydrogens is 464 g/mol. The molecule has 31 heavy (non-hydrogen) atoms. The maximum Gasteiger partial charge on any atom is 0.292 e. The molecule has 1 aliphatic rings. The first-order chi connectivity index (χ1) is 14.4. The van der Waals surface area contributed by atoms with E-state index in [1.807, 2.05) is 24.4 Å². The van der Waals surface area contributed by atoms with Gasteiger partial charge < -0.3 is 47.1 Å². The summed E-state index contributed by atoms with van der Waals surface area (Å²) >= 11 is 0. The molecule has 2 aromatic heterocycles. The van der Waals surface area contributed by atoms with Crippen LogP contribution in [0.1, 0.15) is 17.4 Å². The number of para-hydroxylation sites is 1. The molecule has 1 saturated heterocycles. The molecule has 3 heterocycles. The summed E-state index contributed by atoms with van der Waals surface area (Å²) in [6, 6.07) is 10.2. The highest BCUT2D eigenvalue weighted by atomic mass is 79.9. The number of aryl methyl sites for hydroxylation is 2. The van der Waals surface area contributed by atoms with E-state index in [2.05, 4.69) is 31.0 Å². The monoisotopic (exact) mass is 488 g/mol. The fourth-order valence-corrected chi connectivity index (χ4v) is 4.71. The van der Waals surface area contributed by atoms with Crippen molar-refractivity contribution in [3.05, 3.63) is 53.9 Å². The molecule has 1 aliphatic heterocycles. The zero-order chi connectivity index (χ0) is 21.2. The van der Waals surface area contributed by atoms with E-state index in [0.29, 0.717) is 0 Å². The molecule has 7 nitrogen and oxygen atoms in total. The third-order valence-corrected chi connectivity index (χ3v) is 6.41. The van der Waals surface area contributed by atoms with Gasteiger partial charge in [-0.05, 0) is 36.4 Å². The Morgan fingerprint density at radius 2 is 1.68 bits per heavy atom. The van der Waals surface area contributed by atoms with Crippen molar-refractivity contribution < 1.29 is 46.7 Å². The van der Waals surface area contributed by atoms with Crippen molar-refractivity contribution in [3.8, 4) is 0 Å². The van der Waals surface area contributed by atoms with Crippen LogP contribution in [0.3, 0.4) is 0 Å². The van der Waals surface area contributed by atoms with E-state index >= 15 is 0 Å². The average molecular weight is 489 g/mol. The zero-order valence-corrected chi connectivity index (χ0v) is 18.7. The molecule has 4 aromatic rings. The standard InChI is InChI=1S/C23H24N2O5.BrH/c1-11-15-9-25(23-22(29)21(28)20(27)17(10-26)30-23)8-7-13(15)12(2)19-18(11)14-5-3-4-6-16(14)24-19;/h3-9,17,20-23,26-29H,10H2,1-2H3;1H. The Bertz CT molecular complexity index is 1270. The van der Waals surface area contributed by atoms with Crippen LogP contribution in [0.2, 0.25) is 0 Å². The summed E-state index contributed by atoms with van der Waals surface area (Å²) in [7, 11) is 0. The summed E-state index contributed by atoms with van der Waals surface area (Å²) in [5.74, 6) is 0. The van der Waals surface area contributed by atoms with Gasteiger partial charge in [0.25, 0.3) is 6.23 Å². The van der Waals surface area contributed by atoms with Crippen LogP contribution in [-0.2, 0) is 4.74 Å². The summed E-state index contributed by atoms with van der Waals surface area (Å²) < 4.78 is 7.42. The molecule has 2 aromatic carbocycles. The summed E-state index contributed by atoms with van der Waals surface area (Å²) in [5.41, 5.74) is 4.41. The molecule has 0 amide bonds. The van der Waals surface area contributed by atoms with Crippen molar-refractivity contribution in [2.24, 2.45) is 0 Å². The number of aromatic nitrogens is 2. The van der Waals surface area contributed by atoms with Gasteiger partial charge in [0.1, 0.15) is 18.3 Å². The first-order valence-corrected chi connectivity index (χ1v) is 10.1. The van der Waals surface area contributed by atoms with E-state index in [-0.39, 0.29) is 17.0 Å². The molecule has 164 valence electrons. The highest BCUT2D eigenvalue weighted by molar-refractivity contribution is 6.16. The third kappa shape index (κ3) is 3.26. The summed E-state index contributed by atoms with van der Waals surface area (Å²) in [6.07, 6.45) is -2.32. The van der Waals surface area contributed by atoms with Crippen LogP contribution in [0.4, 0.5) is 0 Å². The second-order valence-electron chi connectivity index (χ2n) is 8.11. The lowest BCUT2D eigenvalue weighted by Gasteiger charge is -2.36. The minimum atomic E-state index is -1.41. The number of H-pyrrole nitrogens is 1. The largest absolute Gasteiger partial charge is 1.00 e. The maximum atomic E-state index is 10.5. The number of aliphatic hydroxyl groups is 4. The predicted octanol–water partition coefficient (Wildman–Crippen LogP) is -1.64. The number of aromatic amines is 1. The number of ether oxygens (including phenoxy) is 1. The van der Waals surface area contributed by atoms with Crippen molar-refractivity contribution in [2.75, 3.05) is 6.61 Å². The van der Waals surface area contributed by atoms with Crippen LogP contribution in [0.5, 0.6) is 0 Å². The quantitative estimate of drug-likeness (QED) is 0.217. The number of hydrogen-bond acceptors (Lipinski definition) is 5. The molecule has 5 rings (SSSR count). The number of nitrogens with one attached hydrogen (secondary N) is 1. The Morgan fingerprint density at radius 3 is 2.42 bits per heavy atom. The van der Waals surface area contributed by atoms with Crippen molar-refractivity contribution in [1.82, 2.24) is 4.98 Å². The number of nitrogens with zero attached hydrogens (tertiary/aromatic N) is 1. The number of pyridine rings is 1. The molecular formula is C23H25BrN2O5. The summed E-state index contributed by atoms with van der Waals surface area (Å²) in [6.45, 7) is 3.70. The highest BCUT2D eigenvalue weighted by Gasteiger charge is 2.48. The normalized spacial score (nSPS) is 26.5. The minimum absolute atomic E-state index is 0. The molecule has 1 fully saturated rings. The Morgan fingerprint density at radius 1 is 0.935 bits per heavy atom. The van der Waals surface area contributed by atoms with Gasteiger partial charge in [0.2, 0.25) is 0 Å². The number of rotatable bonds is 2. The lowest BCUT2D eigenvalue weighted by molar-refractivity contribution is -0.777. The van der Waals surface area contributed by atoms with Gasteiger partial charge in [-0.15, -0.1) is 0 Å². The Hall–Kier alpha value is -2.07. The number of benzene rings is 2. The average Bonchev–Trinajstić information content (AvgIpc) is 3.16. The lowest BCUT2D eigenvalue weighted by Crippen LogP contribution is -3.00. The molecule has 0 radical (unpaired) electrons. The fourth-order valence-electron chi connectivity index (χ4n) is 4.71. The molecule has 0 spiro atoms. The van der Waals surface area contributed by atoms with Crippen LogP contribution in [-0.4, -0.2) is 56.4 Å². The van der Waals surface area contributed by atoms with Gasteiger partial charge in [0.15, 0.2) is 18.5 Å². The van der Waals surface area contributed by atoms with Crippen molar-refractivity contribution >= 4 is 32.6 Å². The van der Waals surface area contributed by atoms with E-state index in [9.17, 15) is 20.4 Å². The second-order valence-corrected chi connectivity index (χ2v) is 8.11. The number of halogens is 1. The fraction of sp³-hybridized carbons (Fsp3) is 0.348. The Balaban J connectivity index is 0.00000231. The van der Waals surface area contributed by atoms with E-state index in [0.717, 1.165) is 43.7 Å². The first kappa shape index (κ1) is 22.1. The number of hydrogen-bond donors (Lipinski definition) is 5. The smallest absolute Gasteiger partial charge is 0.292 e. The summed E-state index contributed by atoms with van der Waals surface area (Å²) in [4.78, 5) is 3.53. The minimum Gasteiger partial charge on any atom is -1.00 e. The second kappa shape index (κ2) is 8.12.